The summed E-state index contributed by atoms with van der Waals surface area (Å²) in [7, 11) is 0. The van der Waals surface area contributed by atoms with Crippen molar-refractivity contribution in [3.63, 3.8) is 0 Å². The van der Waals surface area contributed by atoms with E-state index in [0.29, 0.717) is 5.92 Å². The van der Waals surface area contributed by atoms with Gasteiger partial charge in [-0.25, -0.2) is 0 Å². The third-order valence-corrected chi connectivity index (χ3v) is 11.1. The Morgan fingerprint density at radius 3 is 2.19 bits per heavy atom. The summed E-state index contributed by atoms with van der Waals surface area (Å²) in [6.07, 6.45) is 2.51. The first-order chi connectivity index (χ1) is 23.3. The molecular weight excluding hydrogens is 591 g/mol. The minimum absolute atomic E-state index is 0.287. The summed E-state index contributed by atoms with van der Waals surface area (Å²) in [5, 5.41) is 5.22. The number of furan rings is 1. The van der Waals surface area contributed by atoms with Crippen molar-refractivity contribution >= 4 is 61.5 Å². The second kappa shape index (κ2) is 10.5. The molecule has 2 aliphatic rings. The molecule has 2 atom stereocenters. The predicted octanol–water partition coefficient (Wildman–Crippen LogP) is 12.2. The first-order valence-electron chi connectivity index (χ1n) is 16.2. The smallest absolute Gasteiger partial charge is 0.143 e. The lowest BCUT2D eigenvalue weighted by Crippen LogP contribution is -2.24. The first kappa shape index (κ1) is 26.7. The maximum Gasteiger partial charge on any atom is 0.143 e. The van der Waals surface area contributed by atoms with E-state index in [-0.39, 0.29) is 5.25 Å². The quantitative estimate of drug-likeness (QED) is 0.195. The van der Waals surface area contributed by atoms with Crippen molar-refractivity contribution in [1.29, 1.82) is 0 Å². The highest BCUT2D eigenvalue weighted by Gasteiger charge is 2.40. The zero-order valence-corrected chi connectivity index (χ0v) is 26.3. The van der Waals surface area contributed by atoms with Gasteiger partial charge in [0.1, 0.15) is 11.2 Å². The lowest BCUT2D eigenvalue weighted by Gasteiger charge is -2.35. The monoisotopic (exact) mass is 619 g/mol. The van der Waals surface area contributed by atoms with Gasteiger partial charge in [-0.2, -0.15) is 0 Å². The van der Waals surface area contributed by atoms with Crippen LogP contribution >= 0.6 is 11.8 Å². The van der Waals surface area contributed by atoms with Crippen LogP contribution in [0.15, 0.2) is 173 Å². The van der Waals surface area contributed by atoms with Crippen LogP contribution in [0.3, 0.4) is 0 Å². The maximum absolute atomic E-state index is 6.72. The Balaban J connectivity index is 1.16. The van der Waals surface area contributed by atoms with Crippen LogP contribution in [0.5, 0.6) is 0 Å². The van der Waals surface area contributed by atoms with Gasteiger partial charge in [0.2, 0.25) is 0 Å². The average Bonchev–Trinajstić information content (AvgIpc) is 3.71. The molecule has 2 heterocycles. The Hall–Kier alpha value is -5.51. The summed E-state index contributed by atoms with van der Waals surface area (Å²) >= 11 is 1.99. The van der Waals surface area contributed by atoms with Crippen molar-refractivity contribution in [2.24, 2.45) is 0 Å². The number of hydrogen-bond donors (Lipinski definition) is 0. The molecule has 0 fully saturated rings. The molecule has 0 saturated carbocycles. The molecule has 2 unspecified atom stereocenters. The topological polar surface area (TPSA) is 16.4 Å². The van der Waals surface area contributed by atoms with Gasteiger partial charge in [-0.15, -0.1) is 11.8 Å². The molecule has 1 aliphatic carbocycles. The third-order valence-electron chi connectivity index (χ3n) is 9.81. The van der Waals surface area contributed by atoms with Crippen LogP contribution in [0.2, 0.25) is 0 Å². The van der Waals surface area contributed by atoms with E-state index in [9.17, 15) is 0 Å². The Morgan fingerprint density at radius 1 is 0.553 bits per heavy atom. The van der Waals surface area contributed by atoms with E-state index in [1.165, 1.54) is 38.1 Å². The highest BCUT2D eigenvalue weighted by atomic mass is 32.2. The van der Waals surface area contributed by atoms with Gasteiger partial charge in [0.15, 0.2) is 0 Å². The molecule has 222 valence electrons. The molecule has 0 amide bonds. The number of hydrogen-bond acceptors (Lipinski definition) is 3. The SMILES string of the molecule is C1=C(N(c2ccccc2)c2ccc3c(c2)oc2c(-c4ccccc4)cccc23)c2ccccc2C2c3c(ccc4ccccc34)SC12. The number of rotatable bonds is 4. The van der Waals surface area contributed by atoms with Gasteiger partial charge >= 0.3 is 0 Å². The van der Waals surface area contributed by atoms with Gasteiger partial charge in [-0.3, -0.25) is 0 Å². The molecule has 2 nitrogen and oxygen atoms in total. The molecule has 1 aromatic heterocycles. The Labute approximate surface area is 277 Å². The molecule has 3 heteroatoms. The summed E-state index contributed by atoms with van der Waals surface area (Å²) in [4.78, 5) is 3.80. The molecule has 0 saturated heterocycles. The number of anilines is 2. The van der Waals surface area contributed by atoms with E-state index >= 15 is 0 Å². The molecular formula is C44H29NOS. The van der Waals surface area contributed by atoms with E-state index in [2.05, 4.69) is 169 Å². The summed E-state index contributed by atoms with van der Waals surface area (Å²) < 4.78 is 6.72. The van der Waals surface area contributed by atoms with Gasteiger partial charge < -0.3 is 9.32 Å². The fourth-order valence-corrected chi connectivity index (χ4v) is 9.18. The van der Waals surface area contributed by atoms with Crippen molar-refractivity contribution in [2.75, 3.05) is 4.90 Å². The molecule has 10 rings (SSSR count). The fraction of sp³-hybridized carbons (Fsp3) is 0.0455. The van der Waals surface area contributed by atoms with Crippen molar-refractivity contribution in [3.05, 3.63) is 180 Å². The lowest BCUT2D eigenvalue weighted by atomic mass is 9.79. The van der Waals surface area contributed by atoms with Crippen molar-refractivity contribution in [2.45, 2.75) is 16.1 Å². The zero-order valence-electron chi connectivity index (χ0n) is 25.5. The van der Waals surface area contributed by atoms with Crippen LogP contribution in [0.4, 0.5) is 11.4 Å². The van der Waals surface area contributed by atoms with E-state index in [4.69, 9.17) is 4.42 Å². The molecule has 7 aromatic carbocycles. The van der Waals surface area contributed by atoms with Gasteiger partial charge in [0, 0.05) is 55.4 Å². The van der Waals surface area contributed by atoms with E-state index < -0.39 is 0 Å². The molecule has 8 aromatic rings. The first-order valence-corrected chi connectivity index (χ1v) is 17.1. The summed E-state index contributed by atoms with van der Waals surface area (Å²) in [5.41, 5.74) is 11.6. The van der Waals surface area contributed by atoms with Crippen LogP contribution < -0.4 is 4.90 Å². The van der Waals surface area contributed by atoms with Crippen molar-refractivity contribution in [1.82, 2.24) is 0 Å². The van der Waals surface area contributed by atoms with Crippen LogP contribution in [0.1, 0.15) is 22.6 Å². The molecule has 1 aliphatic heterocycles. The second-order valence-corrected chi connectivity index (χ2v) is 13.6. The minimum atomic E-state index is 0.287. The number of benzene rings is 7. The number of fused-ring (bicyclic) bond motifs is 10. The summed E-state index contributed by atoms with van der Waals surface area (Å²) in [5.74, 6) is 0.299. The second-order valence-electron chi connectivity index (χ2n) is 12.4. The van der Waals surface area contributed by atoms with Crippen molar-refractivity contribution in [3.8, 4) is 11.1 Å². The van der Waals surface area contributed by atoms with E-state index in [1.807, 2.05) is 11.8 Å². The lowest BCUT2D eigenvalue weighted by molar-refractivity contribution is 0.670. The largest absolute Gasteiger partial charge is 0.455 e. The summed E-state index contributed by atoms with van der Waals surface area (Å²) in [6.45, 7) is 0. The minimum Gasteiger partial charge on any atom is -0.455 e. The Kier molecular flexibility index (Phi) is 5.97. The van der Waals surface area contributed by atoms with Gasteiger partial charge in [-0.1, -0.05) is 121 Å². The molecule has 0 spiro atoms. The van der Waals surface area contributed by atoms with Gasteiger partial charge in [0.05, 0.1) is 5.70 Å². The highest BCUT2D eigenvalue weighted by molar-refractivity contribution is 8.00. The standard InChI is InChI=1S/C44H29NOS/c1-3-12-28(13-4-1)33-20-11-21-37-35-24-23-31(26-39(35)46-44(33)37)45(30-15-5-2-6-16-30)38-27-41-43(36-19-10-9-18-34(36)38)42-32-17-8-7-14-29(32)22-25-40(42)47-41/h1-27,41,43H. The van der Waals surface area contributed by atoms with Gasteiger partial charge in [-0.05, 0) is 63.9 Å². The fourth-order valence-electron chi connectivity index (χ4n) is 7.76. The van der Waals surface area contributed by atoms with Crippen LogP contribution in [0.25, 0.3) is 49.5 Å². The van der Waals surface area contributed by atoms with E-state index in [0.717, 1.165) is 44.4 Å². The van der Waals surface area contributed by atoms with E-state index in [1.54, 1.807) is 0 Å². The molecule has 0 radical (unpaired) electrons. The predicted molar refractivity (Wildman–Crippen MR) is 198 cm³/mol. The zero-order chi connectivity index (χ0) is 30.9. The number of thioether (sulfide) groups is 1. The maximum atomic E-state index is 6.72. The molecule has 47 heavy (non-hydrogen) atoms. The van der Waals surface area contributed by atoms with Crippen LogP contribution in [-0.2, 0) is 0 Å². The molecule has 0 N–H and O–H groups in total. The van der Waals surface area contributed by atoms with Crippen LogP contribution in [-0.4, -0.2) is 5.25 Å². The Morgan fingerprint density at radius 2 is 1.30 bits per heavy atom. The number of para-hydroxylation sites is 2. The van der Waals surface area contributed by atoms with Crippen molar-refractivity contribution < 1.29 is 4.42 Å². The normalized spacial score (nSPS) is 16.6. The highest BCUT2D eigenvalue weighted by Crippen LogP contribution is 2.56. The summed E-state index contributed by atoms with van der Waals surface area (Å²) in [6, 6.07) is 56.8. The van der Waals surface area contributed by atoms with Gasteiger partial charge in [0.25, 0.3) is 0 Å². The van der Waals surface area contributed by atoms with Crippen LogP contribution in [0, 0.1) is 0 Å². The third kappa shape index (κ3) is 4.13. The molecule has 0 bridgehead atoms. The Bertz CT molecular complexity index is 2510. The number of nitrogens with zero attached hydrogens (tertiary/aromatic N) is 1. The average molecular weight is 620 g/mol.